The van der Waals surface area contributed by atoms with Crippen LogP contribution in [0.25, 0.3) is 16.9 Å². The van der Waals surface area contributed by atoms with Gasteiger partial charge in [0.1, 0.15) is 24.2 Å². The molecule has 5 aromatic rings. The Morgan fingerprint density at radius 2 is 1.67 bits per heavy atom. The van der Waals surface area contributed by atoms with Crippen molar-refractivity contribution in [3.05, 3.63) is 96.5 Å². The number of anilines is 2. The zero-order chi connectivity index (χ0) is 22.8. The van der Waals surface area contributed by atoms with E-state index in [0.29, 0.717) is 17.8 Å². The number of nitrogens with one attached hydrogen (secondary N) is 1. The Morgan fingerprint density at radius 3 is 2.39 bits per heavy atom. The number of phenols is 1. The summed E-state index contributed by atoms with van der Waals surface area (Å²) in [5, 5.41) is 12.0. The van der Waals surface area contributed by atoms with Gasteiger partial charge < -0.3 is 15.2 Å². The van der Waals surface area contributed by atoms with Gasteiger partial charge in [0.25, 0.3) is 0 Å². The molecule has 2 N–H and O–H groups in total. The summed E-state index contributed by atoms with van der Waals surface area (Å²) in [6.45, 7) is 0.467. The van der Waals surface area contributed by atoms with Crippen LogP contribution in [0.15, 0.2) is 79.3 Å². The number of nitrogens with zero attached hydrogens (tertiary/aromatic N) is 4. The van der Waals surface area contributed by atoms with Crippen LogP contribution in [0.5, 0.6) is 11.5 Å². The Hall–Kier alpha value is -4.53. The molecule has 0 fully saturated rings. The van der Waals surface area contributed by atoms with E-state index in [2.05, 4.69) is 20.3 Å². The fourth-order valence-electron chi connectivity index (χ4n) is 3.27. The second-order valence-corrected chi connectivity index (χ2v) is 7.20. The predicted molar refractivity (Wildman–Crippen MR) is 119 cm³/mol. The molecule has 0 atom stereocenters. The smallest absolute Gasteiger partial charge is 0.229 e. The van der Waals surface area contributed by atoms with Crippen molar-refractivity contribution in [3.63, 3.8) is 0 Å². The number of halogens is 2. The van der Waals surface area contributed by atoms with Crippen molar-refractivity contribution in [1.82, 2.24) is 19.5 Å². The number of rotatable bonds is 6. The third kappa shape index (κ3) is 4.29. The number of imidazole rings is 1. The van der Waals surface area contributed by atoms with E-state index in [1.54, 1.807) is 10.9 Å². The Morgan fingerprint density at radius 1 is 0.939 bits per heavy atom. The molecule has 0 aliphatic rings. The van der Waals surface area contributed by atoms with Gasteiger partial charge in [-0.2, -0.15) is 4.98 Å². The van der Waals surface area contributed by atoms with Crippen LogP contribution in [0, 0.1) is 11.6 Å². The fourth-order valence-corrected chi connectivity index (χ4v) is 3.27. The molecule has 9 heteroatoms. The van der Waals surface area contributed by atoms with Gasteiger partial charge >= 0.3 is 0 Å². The Labute approximate surface area is 187 Å². The lowest BCUT2D eigenvalue weighted by Gasteiger charge is -2.09. The molecule has 2 heterocycles. The molecule has 0 saturated heterocycles. The van der Waals surface area contributed by atoms with Crippen LogP contribution in [0.2, 0.25) is 0 Å². The summed E-state index contributed by atoms with van der Waals surface area (Å²) in [4.78, 5) is 12.9. The zero-order valence-electron chi connectivity index (χ0n) is 17.1. The first kappa shape index (κ1) is 20.4. The van der Waals surface area contributed by atoms with Gasteiger partial charge in [-0.15, -0.1) is 0 Å². The van der Waals surface area contributed by atoms with Gasteiger partial charge in [-0.05, 0) is 29.8 Å². The maximum absolute atomic E-state index is 13.6. The standard InChI is InChI=1S/C24H17F2N5O2/c25-19-10-16(11-20(26)22(19)32)29-24-27-12-21-23(30-24)31(14-28-21)17-6-8-18(9-7-17)33-13-15-4-2-1-3-5-15/h1-12,14,32H,13H2,(H,27,29,30). The highest BCUT2D eigenvalue weighted by Crippen LogP contribution is 2.26. The van der Waals surface area contributed by atoms with Crippen molar-refractivity contribution in [3.8, 4) is 17.2 Å². The summed E-state index contributed by atoms with van der Waals surface area (Å²) < 4.78 is 34.8. The molecular formula is C24H17F2N5O2. The molecule has 3 aromatic carbocycles. The summed E-state index contributed by atoms with van der Waals surface area (Å²) in [6, 6.07) is 19.3. The van der Waals surface area contributed by atoms with Gasteiger partial charge in [-0.3, -0.25) is 4.57 Å². The van der Waals surface area contributed by atoms with Crippen LogP contribution < -0.4 is 10.1 Å². The van der Waals surface area contributed by atoms with Crippen molar-refractivity contribution in [1.29, 1.82) is 0 Å². The summed E-state index contributed by atoms with van der Waals surface area (Å²) in [6.07, 6.45) is 3.12. The van der Waals surface area contributed by atoms with Gasteiger partial charge in [0.2, 0.25) is 5.95 Å². The van der Waals surface area contributed by atoms with Gasteiger partial charge in [-0.1, -0.05) is 30.3 Å². The van der Waals surface area contributed by atoms with E-state index in [4.69, 9.17) is 4.74 Å². The Balaban J connectivity index is 1.37. The molecule has 0 unspecified atom stereocenters. The molecule has 0 bridgehead atoms. The van der Waals surface area contributed by atoms with Crippen LogP contribution >= 0.6 is 0 Å². The van der Waals surface area contributed by atoms with E-state index < -0.39 is 17.4 Å². The quantitative estimate of drug-likeness (QED) is 0.353. The maximum atomic E-state index is 13.6. The highest BCUT2D eigenvalue weighted by atomic mass is 19.1. The first-order valence-electron chi connectivity index (χ1n) is 9.99. The monoisotopic (exact) mass is 445 g/mol. The van der Waals surface area contributed by atoms with Gasteiger partial charge in [0.05, 0.1) is 6.20 Å². The van der Waals surface area contributed by atoms with Crippen LogP contribution in [0.4, 0.5) is 20.4 Å². The average molecular weight is 445 g/mol. The molecule has 0 aliphatic carbocycles. The normalized spacial score (nSPS) is 11.0. The summed E-state index contributed by atoms with van der Waals surface area (Å²) >= 11 is 0. The average Bonchev–Trinajstić information content (AvgIpc) is 3.25. The lowest BCUT2D eigenvalue weighted by atomic mass is 10.2. The summed E-state index contributed by atoms with van der Waals surface area (Å²) in [5.74, 6) is -2.36. The number of fused-ring (bicyclic) bond motifs is 1. The molecular weight excluding hydrogens is 428 g/mol. The topological polar surface area (TPSA) is 85.1 Å². The minimum absolute atomic E-state index is 0.0631. The van der Waals surface area contributed by atoms with Gasteiger partial charge in [0, 0.05) is 23.5 Å². The number of aromatic hydroxyl groups is 1. The first-order chi connectivity index (χ1) is 16.1. The third-order valence-corrected chi connectivity index (χ3v) is 4.93. The van der Waals surface area contributed by atoms with Crippen LogP contribution in [-0.4, -0.2) is 24.6 Å². The highest BCUT2D eigenvalue weighted by molar-refractivity contribution is 5.74. The van der Waals surface area contributed by atoms with E-state index in [1.165, 1.54) is 6.20 Å². The first-order valence-corrected chi connectivity index (χ1v) is 9.99. The predicted octanol–water partition coefficient (Wildman–Crippen LogP) is 5.12. The summed E-state index contributed by atoms with van der Waals surface area (Å²) in [7, 11) is 0. The van der Waals surface area contributed by atoms with E-state index in [9.17, 15) is 13.9 Å². The molecule has 0 aliphatic heterocycles. The van der Waals surface area contributed by atoms with Crippen molar-refractivity contribution < 1.29 is 18.6 Å². The van der Waals surface area contributed by atoms with E-state index in [0.717, 1.165) is 29.1 Å². The molecule has 164 valence electrons. The van der Waals surface area contributed by atoms with E-state index in [1.807, 2.05) is 54.6 Å². The number of aromatic nitrogens is 4. The SMILES string of the molecule is Oc1c(F)cc(Nc2ncc3ncn(-c4ccc(OCc5ccccc5)cc4)c3n2)cc1F. The van der Waals surface area contributed by atoms with Crippen LogP contribution in [0.3, 0.4) is 0 Å². The molecule has 7 nitrogen and oxygen atoms in total. The van der Waals surface area contributed by atoms with Crippen molar-refractivity contribution in [2.75, 3.05) is 5.32 Å². The number of hydrogen-bond acceptors (Lipinski definition) is 6. The molecule has 33 heavy (non-hydrogen) atoms. The van der Waals surface area contributed by atoms with E-state index in [-0.39, 0.29) is 11.6 Å². The van der Waals surface area contributed by atoms with Crippen molar-refractivity contribution in [2.45, 2.75) is 6.61 Å². The fraction of sp³-hybridized carbons (Fsp3) is 0.0417. The minimum atomic E-state index is -1.09. The summed E-state index contributed by atoms with van der Waals surface area (Å²) in [5.41, 5.74) is 2.99. The van der Waals surface area contributed by atoms with Crippen molar-refractivity contribution >= 4 is 22.8 Å². The number of hydrogen-bond donors (Lipinski definition) is 2. The molecule has 5 rings (SSSR count). The second kappa shape index (κ2) is 8.54. The lowest BCUT2D eigenvalue weighted by Crippen LogP contribution is -2.01. The van der Waals surface area contributed by atoms with Crippen LogP contribution in [0.1, 0.15) is 5.56 Å². The number of benzene rings is 3. The molecule has 0 saturated carbocycles. The largest absolute Gasteiger partial charge is 0.503 e. The highest BCUT2D eigenvalue weighted by Gasteiger charge is 2.12. The molecule has 0 spiro atoms. The number of phenolic OH excluding ortho intramolecular Hbond substituents is 1. The minimum Gasteiger partial charge on any atom is -0.503 e. The molecule has 0 radical (unpaired) electrons. The third-order valence-electron chi connectivity index (χ3n) is 4.93. The van der Waals surface area contributed by atoms with Crippen molar-refractivity contribution in [2.24, 2.45) is 0 Å². The zero-order valence-corrected chi connectivity index (χ0v) is 17.1. The van der Waals surface area contributed by atoms with E-state index >= 15 is 0 Å². The molecule has 0 amide bonds. The number of ether oxygens (including phenoxy) is 1. The maximum Gasteiger partial charge on any atom is 0.229 e. The molecule has 2 aromatic heterocycles. The second-order valence-electron chi connectivity index (χ2n) is 7.20. The van der Waals surface area contributed by atoms with Crippen LogP contribution in [-0.2, 0) is 6.61 Å². The lowest BCUT2D eigenvalue weighted by molar-refractivity contribution is 0.306. The van der Waals surface area contributed by atoms with Gasteiger partial charge in [0.15, 0.2) is 23.0 Å². The van der Waals surface area contributed by atoms with Gasteiger partial charge in [-0.25, -0.2) is 18.7 Å². The Kier molecular flexibility index (Phi) is 5.27. The Bertz CT molecular complexity index is 1400.